The van der Waals surface area contributed by atoms with Gasteiger partial charge in [0.1, 0.15) is 13.2 Å². The van der Waals surface area contributed by atoms with Gasteiger partial charge < -0.3 is 9.47 Å². The molecule has 0 spiro atoms. The number of alkyl halides is 1. The Morgan fingerprint density at radius 1 is 1.10 bits per heavy atom. The molecule has 1 unspecified atom stereocenters. The quantitative estimate of drug-likeness (QED) is 0.665. The minimum atomic E-state index is 0.0488. The molecule has 4 heteroatoms. The van der Waals surface area contributed by atoms with Crippen LogP contribution in [0.5, 0.6) is 11.5 Å². The van der Waals surface area contributed by atoms with Crippen LogP contribution in [0.1, 0.15) is 43.5 Å². The predicted octanol–water partition coefficient (Wildman–Crippen LogP) is 5.33. The monoisotopic (exact) mass is 358 g/mol. The molecule has 20 heavy (non-hydrogen) atoms. The fourth-order valence-electron chi connectivity index (χ4n) is 3.12. The summed E-state index contributed by atoms with van der Waals surface area (Å²) in [5, 5.41) is 0.0488. The van der Waals surface area contributed by atoms with Gasteiger partial charge in [0.2, 0.25) is 0 Å². The largest absolute Gasteiger partial charge is 0.486 e. The van der Waals surface area contributed by atoms with Crippen LogP contribution < -0.4 is 9.47 Å². The van der Waals surface area contributed by atoms with Gasteiger partial charge in [-0.05, 0) is 42.4 Å². The fourth-order valence-corrected chi connectivity index (χ4v) is 4.26. The van der Waals surface area contributed by atoms with Crippen molar-refractivity contribution < 1.29 is 9.47 Å². The number of hydrogen-bond acceptors (Lipinski definition) is 2. The molecule has 1 aromatic carbocycles. The first-order chi connectivity index (χ1) is 9.65. The summed E-state index contributed by atoms with van der Waals surface area (Å²) in [4.78, 5) is 0. The maximum atomic E-state index is 6.75. The summed E-state index contributed by atoms with van der Waals surface area (Å²) in [6.45, 7) is 3.56. The average molecular weight is 360 g/mol. The Kier molecular flexibility index (Phi) is 4.46. The Hall–Kier alpha value is -0.410. The van der Waals surface area contributed by atoms with Gasteiger partial charge in [-0.15, -0.1) is 11.6 Å². The van der Waals surface area contributed by atoms with Gasteiger partial charge in [-0.25, -0.2) is 0 Å². The minimum Gasteiger partial charge on any atom is -0.486 e. The van der Waals surface area contributed by atoms with E-state index in [4.69, 9.17) is 21.1 Å². The Morgan fingerprint density at radius 3 is 2.35 bits per heavy atom. The summed E-state index contributed by atoms with van der Waals surface area (Å²) in [5.74, 6) is 3.04. The number of benzene rings is 1. The molecule has 1 aromatic rings. The Labute approximate surface area is 133 Å². The summed E-state index contributed by atoms with van der Waals surface area (Å²) in [7, 11) is 0. The molecule has 0 saturated heterocycles. The van der Waals surface area contributed by atoms with Crippen LogP contribution in [0.25, 0.3) is 0 Å². The van der Waals surface area contributed by atoms with Crippen LogP contribution in [0.3, 0.4) is 0 Å². The van der Waals surface area contributed by atoms with Crippen molar-refractivity contribution in [2.45, 2.75) is 38.0 Å². The Bertz CT molecular complexity index is 484. The van der Waals surface area contributed by atoms with Crippen molar-refractivity contribution >= 4 is 27.5 Å². The van der Waals surface area contributed by atoms with Gasteiger partial charge in [-0.3, -0.25) is 0 Å². The van der Waals surface area contributed by atoms with Gasteiger partial charge in [0, 0.05) is 4.47 Å². The molecule has 2 nitrogen and oxygen atoms in total. The van der Waals surface area contributed by atoms with E-state index in [0.717, 1.165) is 27.5 Å². The summed E-state index contributed by atoms with van der Waals surface area (Å²) in [6.07, 6.45) is 5.01. The van der Waals surface area contributed by atoms with Gasteiger partial charge in [-0.1, -0.05) is 35.7 Å². The zero-order chi connectivity index (χ0) is 14.1. The van der Waals surface area contributed by atoms with Gasteiger partial charge in [0.25, 0.3) is 0 Å². The van der Waals surface area contributed by atoms with Crippen LogP contribution >= 0.6 is 27.5 Å². The van der Waals surface area contributed by atoms with E-state index in [0.29, 0.717) is 19.1 Å². The number of ether oxygens (including phenoxy) is 2. The van der Waals surface area contributed by atoms with Crippen LogP contribution in [0.2, 0.25) is 0 Å². The van der Waals surface area contributed by atoms with Crippen LogP contribution in [-0.4, -0.2) is 13.2 Å². The highest BCUT2D eigenvalue weighted by atomic mass is 79.9. The smallest absolute Gasteiger partial charge is 0.162 e. The molecule has 1 heterocycles. The highest BCUT2D eigenvalue weighted by Crippen LogP contribution is 2.45. The zero-order valence-corrected chi connectivity index (χ0v) is 14.0. The molecule has 1 fully saturated rings. The van der Waals surface area contributed by atoms with Crippen molar-refractivity contribution in [3.63, 3.8) is 0 Å². The highest BCUT2D eigenvalue weighted by Gasteiger charge is 2.28. The Balaban J connectivity index is 1.82. The normalized spacial score (nSPS) is 27.1. The molecule has 0 radical (unpaired) electrons. The Morgan fingerprint density at radius 2 is 1.70 bits per heavy atom. The van der Waals surface area contributed by atoms with E-state index in [1.165, 1.54) is 25.7 Å². The topological polar surface area (TPSA) is 18.5 Å². The van der Waals surface area contributed by atoms with Gasteiger partial charge in [-0.2, -0.15) is 0 Å². The lowest BCUT2D eigenvalue weighted by atomic mass is 9.80. The first kappa shape index (κ1) is 14.5. The summed E-state index contributed by atoms with van der Waals surface area (Å²) < 4.78 is 12.3. The van der Waals surface area contributed by atoms with Crippen molar-refractivity contribution in [2.24, 2.45) is 11.8 Å². The standard InChI is InChI=1S/C16H20BrClO2/c1-10-2-4-11(5-3-10)16(18)12-8-14-15(9-13(12)17)20-7-6-19-14/h8-11,16H,2-7H2,1H3. The van der Waals surface area contributed by atoms with Gasteiger partial charge in [0.05, 0.1) is 5.38 Å². The van der Waals surface area contributed by atoms with E-state index >= 15 is 0 Å². The second-order valence-electron chi connectivity index (χ2n) is 5.94. The molecule has 2 aliphatic rings. The molecule has 1 aliphatic heterocycles. The van der Waals surface area contributed by atoms with E-state index < -0.39 is 0 Å². The third kappa shape index (κ3) is 2.94. The van der Waals surface area contributed by atoms with Crippen molar-refractivity contribution in [3.05, 3.63) is 22.2 Å². The SMILES string of the molecule is CC1CCC(C(Cl)c2cc3c(cc2Br)OCCO3)CC1. The summed E-state index contributed by atoms with van der Waals surface area (Å²) in [5.41, 5.74) is 1.13. The number of fused-ring (bicyclic) bond motifs is 1. The lowest BCUT2D eigenvalue weighted by Gasteiger charge is -2.30. The van der Waals surface area contributed by atoms with E-state index in [1.807, 2.05) is 12.1 Å². The van der Waals surface area contributed by atoms with Crippen LogP contribution in [0.4, 0.5) is 0 Å². The molecule has 0 amide bonds. The lowest BCUT2D eigenvalue weighted by Crippen LogP contribution is -2.18. The second-order valence-corrected chi connectivity index (χ2v) is 7.26. The number of hydrogen-bond donors (Lipinski definition) is 0. The molecule has 0 N–H and O–H groups in total. The molecule has 1 aliphatic carbocycles. The number of rotatable bonds is 2. The van der Waals surface area contributed by atoms with Crippen molar-refractivity contribution in [1.29, 1.82) is 0 Å². The third-order valence-electron chi connectivity index (χ3n) is 4.43. The summed E-state index contributed by atoms with van der Waals surface area (Å²) in [6, 6.07) is 4.04. The van der Waals surface area contributed by atoms with Crippen molar-refractivity contribution in [2.75, 3.05) is 13.2 Å². The van der Waals surface area contributed by atoms with Crippen LogP contribution in [0.15, 0.2) is 16.6 Å². The highest BCUT2D eigenvalue weighted by molar-refractivity contribution is 9.10. The average Bonchev–Trinajstić information content (AvgIpc) is 2.46. The summed E-state index contributed by atoms with van der Waals surface area (Å²) >= 11 is 10.4. The second kappa shape index (κ2) is 6.15. The molecule has 0 aromatic heterocycles. The minimum absolute atomic E-state index is 0.0488. The van der Waals surface area contributed by atoms with Crippen LogP contribution in [0, 0.1) is 11.8 Å². The van der Waals surface area contributed by atoms with E-state index in [1.54, 1.807) is 0 Å². The first-order valence-corrected chi connectivity index (χ1v) is 8.61. The first-order valence-electron chi connectivity index (χ1n) is 7.38. The van der Waals surface area contributed by atoms with Crippen molar-refractivity contribution in [1.82, 2.24) is 0 Å². The van der Waals surface area contributed by atoms with Crippen LogP contribution in [-0.2, 0) is 0 Å². The zero-order valence-electron chi connectivity index (χ0n) is 11.7. The lowest BCUT2D eigenvalue weighted by molar-refractivity contribution is 0.171. The van der Waals surface area contributed by atoms with Gasteiger partial charge in [0.15, 0.2) is 11.5 Å². The maximum absolute atomic E-state index is 6.75. The van der Waals surface area contributed by atoms with E-state index in [9.17, 15) is 0 Å². The molecule has 0 bridgehead atoms. The molecule has 1 atom stereocenters. The number of halogens is 2. The third-order valence-corrected chi connectivity index (χ3v) is 5.71. The van der Waals surface area contributed by atoms with Gasteiger partial charge >= 0.3 is 0 Å². The van der Waals surface area contributed by atoms with E-state index in [2.05, 4.69) is 22.9 Å². The molecular weight excluding hydrogens is 340 g/mol. The van der Waals surface area contributed by atoms with E-state index in [-0.39, 0.29) is 5.38 Å². The predicted molar refractivity (Wildman–Crippen MR) is 84.8 cm³/mol. The molecule has 3 rings (SSSR count). The maximum Gasteiger partial charge on any atom is 0.162 e. The molecule has 110 valence electrons. The molecular formula is C16H20BrClO2. The van der Waals surface area contributed by atoms with Crippen molar-refractivity contribution in [3.8, 4) is 11.5 Å². The fraction of sp³-hybridized carbons (Fsp3) is 0.625. The molecule has 1 saturated carbocycles.